The van der Waals surface area contributed by atoms with Crippen LogP contribution < -0.4 is 5.32 Å². The molecule has 0 saturated carbocycles. The number of nitrogens with zero attached hydrogens (tertiary/aromatic N) is 1. The number of halogens is 2. The smallest absolute Gasteiger partial charge is 0.278 e. The van der Waals surface area contributed by atoms with Gasteiger partial charge in [-0.2, -0.15) is 0 Å². The molecule has 0 radical (unpaired) electrons. The van der Waals surface area contributed by atoms with Crippen LogP contribution in [0, 0.1) is 11.6 Å². The molecule has 5 nitrogen and oxygen atoms in total. The third-order valence-corrected chi connectivity index (χ3v) is 4.74. The topological polar surface area (TPSA) is 58.6 Å². The van der Waals surface area contributed by atoms with Gasteiger partial charge < -0.3 is 10.1 Å². The van der Waals surface area contributed by atoms with Gasteiger partial charge in [-0.1, -0.05) is 6.07 Å². The number of thiophene rings is 1. The highest BCUT2D eigenvalue weighted by Gasteiger charge is 2.39. The summed E-state index contributed by atoms with van der Waals surface area (Å²) in [7, 11) is 1.54. The van der Waals surface area contributed by atoms with E-state index >= 15 is 0 Å². The molecule has 2 amide bonds. The molecule has 2 aromatic rings. The van der Waals surface area contributed by atoms with Gasteiger partial charge in [0.1, 0.15) is 5.70 Å². The molecule has 8 heteroatoms. The number of carbonyl (C=O) groups is 2. The maximum atomic E-state index is 13.5. The summed E-state index contributed by atoms with van der Waals surface area (Å²) in [5, 5.41) is 4.58. The number of benzene rings is 1. The van der Waals surface area contributed by atoms with Crippen molar-refractivity contribution in [2.75, 3.05) is 25.6 Å². The zero-order valence-electron chi connectivity index (χ0n) is 13.9. The van der Waals surface area contributed by atoms with E-state index in [0.717, 1.165) is 17.0 Å². The van der Waals surface area contributed by atoms with Crippen LogP contribution in [0.4, 0.5) is 14.5 Å². The molecule has 0 spiro atoms. The van der Waals surface area contributed by atoms with Crippen molar-refractivity contribution < 1.29 is 23.1 Å². The molecular weight excluding hydrogens is 362 g/mol. The normalized spacial score (nSPS) is 14.5. The Morgan fingerprint density at radius 2 is 1.96 bits per heavy atom. The standard InChI is InChI=1S/C18H16F2N2O3S/c1-25-8-3-7-22-17(23)15(14-4-2-9-26-14)16(18(22)24)21-11-5-6-12(19)13(20)10-11/h2,4-6,9-10,21H,3,7-8H2,1H3. The van der Waals surface area contributed by atoms with E-state index in [-0.39, 0.29) is 23.5 Å². The van der Waals surface area contributed by atoms with E-state index in [1.165, 1.54) is 17.4 Å². The molecule has 0 fully saturated rings. The Labute approximate surface area is 152 Å². The van der Waals surface area contributed by atoms with Gasteiger partial charge in [0.15, 0.2) is 11.6 Å². The molecule has 0 saturated heterocycles. The van der Waals surface area contributed by atoms with Crippen molar-refractivity contribution in [1.82, 2.24) is 4.90 Å². The van der Waals surface area contributed by atoms with Gasteiger partial charge in [-0.05, 0) is 30.0 Å². The van der Waals surface area contributed by atoms with Gasteiger partial charge in [0, 0.05) is 36.9 Å². The fourth-order valence-corrected chi connectivity index (χ4v) is 3.40. The lowest BCUT2D eigenvalue weighted by Crippen LogP contribution is -2.33. The fraction of sp³-hybridized carbons (Fsp3) is 0.222. The number of hydrogen-bond acceptors (Lipinski definition) is 5. The van der Waals surface area contributed by atoms with Crippen LogP contribution in [0.3, 0.4) is 0 Å². The predicted octanol–water partition coefficient (Wildman–Crippen LogP) is 3.25. The van der Waals surface area contributed by atoms with E-state index in [1.54, 1.807) is 24.6 Å². The van der Waals surface area contributed by atoms with E-state index in [9.17, 15) is 18.4 Å². The van der Waals surface area contributed by atoms with Crippen molar-refractivity contribution in [1.29, 1.82) is 0 Å². The van der Waals surface area contributed by atoms with Gasteiger partial charge in [0.25, 0.3) is 11.8 Å². The van der Waals surface area contributed by atoms with Crippen molar-refractivity contribution >= 4 is 34.4 Å². The predicted molar refractivity (Wildman–Crippen MR) is 94.4 cm³/mol. The molecule has 0 atom stereocenters. The van der Waals surface area contributed by atoms with Crippen LogP contribution in [0.5, 0.6) is 0 Å². The molecule has 136 valence electrons. The summed E-state index contributed by atoms with van der Waals surface area (Å²) in [4.78, 5) is 27.3. The Hall–Kier alpha value is -2.58. The second-order valence-electron chi connectivity index (χ2n) is 5.59. The third kappa shape index (κ3) is 3.51. The summed E-state index contributed by atoms with van der Waals surface area (Å²) in [6, 6.07) is 6.72. The number of amides is 2. The first kappa shape index (κ1) is 18.2. The Kier molecular flexibility index (Phi) is 5.43. The van der Waals surface area contributed by atoms with E-state index < -0.39 is 23.4 Å². The molecule has 3 rings (SSSR count). The number of carbonyl (C=O) groups excluding carboxylic acids is 2. The number of hydrogen-bond donors (Lipinski definition) is 1. The van der Waals surface area contributed by atoms with Crippen LogP contribution in [-0.2, 0) is 14.3 Å². The fourth-order valence-electron chi connectivity index (χ4n) is 2.63. The molecule has 0 aliphatic carbocycles. The van der Waals surface area contributed by atoms with Gasteiger partial charge >= 0.3 is 0 Å². The summed E-state index contributed by atoms with van der Waals surface area (Å²) >= 11 is 1.32. The average molecular weight is 378 g/mol. The molecular formula is C18H16F2N2O3S. The minimum atomic E-state index is -1.04. The molecule has 0 bridgehead atoms. The monoisotopic (exact) mass is 378 g/mol. The van der Waals surface area contributed by atoms with Gasteiger partial charge in [0.05, 0.1) is 5.57 Å². The SMILES string of the molecule is COCCCN1C(=O)C(Nc2ccc(F)c(F)c2)=C(c2cccs2)C1=O. The average Bonchev–Trinajstić information content (AvgIpc) is 3.21. The lowest BCUT2D eigenvalue weighted by Gasteiger charge is -2.14. The summed E-state index contributed by atoms with van der Waals surface area (Å²) in [6.45, 7) is 0.626. The Balaban J connectivity index is 1.95. The van der Waals surface area contributed by atoms with Crippen molar-refractivity contribution in [2.24, 2.45) is 0 Å². The summed E-state index contributed by atoms with van der Waals surface area (Å²) in [5.74, 6) is -2.95. The maximum Gasteiger partial charge on any atom is 0.278 e. The van der Waals surface area contributed by atoms with Gasteiger partial charge in [-0.15, -0.1) is 11.3 Å². The third-order valence-electron chi connectivity index (χ3n) is 3.85. The van der Waals surface area contributed by atoms with Gasteiger partial charge in [-0.3, -0.25) is 14.5 Å². The zero-order chi connectivity index (χ0) is 18.7. The summed E-state index contributed by atoms with van der Waals surface area (Å²) in [6.07, 6.45) is 0.504. The van der Waals surface area contributed by atoms with Crippen LogP contribution in [0.1, 0.15) is 11.3 Å². The zero-order valence-corrected chi connectivity index (χ0v) is 14.7. The largest absolute Gasteiger partial charge is 0.385 e. The Morgan fingerprint density at radius 3 is 2.62 bits per heavy atom. The number of ether oxygens (including phenoxy) is 1. The quantitative estimate of drug-likeness (QED) is 0.594. The molecule has 26 heavy (non-hydrogen) atoms. The summed E-state index contributed by atoms with van der Waals surface area (Å²) < 4.78 is 31.6. The molecule has 0 unspecified atom stereocenters. The number of rotatable bonds is 7. The van der Waals surface area contributed by atoms with E-state index in [1.807, 2.05) is 0 Å². The van der Waals surface area contributed by atoms with Gasteiger partial charge in [0.2, 0.25) is 0 Å². The maximum absolute atomic E-state index is 13.5. The lowest BCUT2D eigenvalue weighted by atomic mass is 10.2. The van der Waals surface area contributed by atoms with Crippen molar-refractivity contribution in [2.45, 2.75) is 6.42 Å². The van der Waals surface area contributed by atoms with Crippen LogP contribution in [0.2, 0.25) is 0 Å². The molecule has 2 heterocycles. The van der Waals surface area contributed by atoms with Crippen LogP contribution in [-0.4, -0.2) is 37.0 Å². The minimum absolute atomic E-state index is 0.0564. The number of methoxy groups -OCH3 is 1. The second-order valence-corrected chi connectivity index (χ2v) is 6.54. The second kappa shape index (κ2) is 7.76. The highest BCUT2D eigenvalue weighted by atomic mass is 32.1. The first-order chi connectivity index (χ1) is 12.5. The summed E-state index contributed by atoms with van der Waals surface area (Å²) in [5.41, 5.74) is 0.473. The highest BCUT2D eigenvalue weighted by Crippen LogP contribution is 2.33. The number of imide groups is 1. The van der Waals surface area contributed by atoms with E-state index in [0.29, 0.717) is 17.9 Å². The molecule has 1 aromatic heterocycles. The van der Waals surface area contributed by atoms with E-state index in [4.69, 9.17) is 4.74 Å². The highest BCUT2D eigenvalue weighted by molar-refractivity contribution is 7.11. The Morgan fingerprint density at radius 1 is 1.15 bits per heavy atom. The van der Waals surface area contributed by atoms with Crippen LogP contribution >= 0.6 is 11.3 Å². The van der Waals surface area contributed by atoms with E-state index in [2.05, 4.69) is 5.32 Å². The first-order valence-corrected chi connectivity index (χ1v) is 8.76. The number of nitrogens with one attached hydrogen (secondary N) is 1. The van der Waals surface area contributed by atoms with Crippen molar-refractivity contribution in [3.8, 4) is 0 Å². The van der Waals surface area contributed by atoms with Crippen LogP contribution in [0.15, 0.2) is 41.4 Å². The lowest BCUT2D eigenvalue weighted by molar-refractivity contribution is -0.136. The molecule has 1 aromatic carbocycles. The molecule has 1 N–H and O–H groups in total. The molecule has 1 aliphatic heterocycles. The number of anilines is 1. The first-order valence-electron chi connectivity index (χ1n) is 7.88. The molecule has 1 aliphatic rings. The van der Waals surface area contributed by atoms with Crippen molar-refractivity contribution in [3.63, 3.8) is 0 Å². The van der Waals surface area contributed by atoms with Gasteiger partial charge in [-0.25, -0.2) is 8.78 Å². The van der Waals surface area contributed by atoms with Crippen LogP contribution in [0.25, 0.3) is 5.57 Å². The Bertz CT molecular complexity index is 865. The van der Waals surface area contributed by atoms with Crippen molar-refractivity contribution in [3.05, 3.63) is 57.9 Å². The minimum Gasteiger partial charge on any atom is -0.385 e.